The third kappa shape index (κ3) is 5.41. The van der Waals surface area contributed by atoms with E-state index < -0.39 is 21.8 Å². The van der Waals surface area contributed by atoms with E-state index in [9.17, 15) is 18.0 Å². The number of para-hydroxylation sites is 1. The van der Waals surface area contributed by atoms with Gasteiger partial charge < -0.3 is 9.15 Å². The number of hydrazine groups is 1. The van der Waals surface area contributed by atoms with Crippen molar-refractivity contribution >= 4 is 21.8 Å². The topological polar surface area (TPSA) is 118 Å². The van der Waals surface area contributed by atoms with Crippen molar-refractivity contribution in [2.24, 2.45) is 0 Å². The van der Waals surface area contributed by atoms with E-state index in [1.54, 1.807) is 18.2 Å². The third-order valence-electron chi connectivity index (χ3n) is 5.12. The van der Waals surface area contributed by atoms with E-state index in [-0.39, 0.29) is 22.8 Å². The Morgan fingerprint density at radius 3 is 2.24 bits per heavy atom. The summed E-state index contributed by atoms with van der Waals surface area (Å²) < 4.78 is 37.6. The quantitative estimate of drug-likeness (QED) is 0.514. The van der Waals surface area contributed by atoms with Crippen LogP contribution in [0.3, 0.4) is 0 Å². The number of ether oxygens (including phenoxy) is 1. The predicted molar refractivity (Wildman–Crippen MR) is 119 cm³/mol. The summed E-state index contributed by atoms with van der Waals surface area (Å²) in [7, 11) is -3.55. The van der Waals surface area contributed by atoms with Gasteiger partial charge in [-0.3, -0.25) is 20.4 Å². The molecule has 10 heteroatoms. The highest BCUT2D eigenvalue weighted by Gasteiger charge is 2.27. The Morgan fingerprint density at radius 2 is 1.55 bits per heavy atom. The molecular formula is C23H23N3O6S. The zero-order chi connectivity index (χ0) is 23.3. The van der Waals surface area contributed by atoms with Gasteiger partial charge in [0.1, 0.15) is 18.1 Å². The molecule has 1 aliphatic rings. The number of amides is 2. The molecule has 2 aromatic carbocycles. The minimum atomic E-state index is -3.55. The number of hydrogen-bond acceptors (Lipinski definition) is 6. The van der Waals surface area contributed by atoms with E-state index in [1.165, 1.54) is 34.6 Å². The fourth-order valence-electron chi connectivity index (χ4n) is 3.35. The minimum Gasteiger partial charge on any atom is -0.486 e. The van der Waals surface area contributed by atoms with Crippen LogP contribution in [0.4, 0.5) is 0 Å². The molecule has 1 fully saturated rings. The van der Waals surface area contributed by atoms with Crippen molar-refractivity contribution in [1.29, 1.82) is 0 Å². The van der Waals surface area contributed by atoms with Crippen LogP contribution in [-0.2, 0) is 16.6 Å². The molecule has 1 saturated heterocycles. The molecule has 1 aliphatic heterocycles. The van der Waals surface area contributed by atoms with Gasteiger partial charge in [0.15, 0.2) is 5.76 Å². The molecule has 0 spiro atoms. The molecule has 0 radical (unpaired) electrons. The summed E-state index contributed by atoms with van der Waals surface area (Å²) in [4.78, 5) is 24.7. The number of hydrogen-bond donors (Lipinski definition) is 2. The number of nitrogens with one attached hydrogen (secondary N) is 2. The maximum Gasteiger partial charge on any atom is 0.305 e. The molecule has 2 amide bonds. The van der Waals surface area contributed by atoms with Crippen molar-refractivity contribution in [2.45, 2.75) is 24.3 Å². The maximum atomic E-state index is 12.6. The first-order valence-corrected chi connectivity index (χ1v) is 11.8. The highest BCUT2D eigenvalue weighted by Crippen LogP contribution is 2.21. The van der Waals surface area contributed by atoms with E-state index in [0.29, 0.717) is 24.6 Å². The van der Waals surface area contributed by atoms with E-state index >= 15 is 0 Å². The van der Waals surface area contributed by atoms with Crippen molar-refractivity contribution < 1.29 is 27.2 Å². The summed E-state index contributed by atoms with van der Waals surface area (Å²) in [5.74, 6) is -0.0965. The van der Waals surface area contributed by atoms with Gasteiger partial charge in [-0.1, -0.05) is 18.2 Å². The van der Waals surface area contributed by atoms with Crippen LogP contribution in [0.25, 0.3) is 0 Å². The van der Waals surface area contributed by atoms with Gasteiger partial charge in [0, 0.05) is 18.7 Å². The SMILES string of the molecule is O=C(NNC(=O)c1ccc(COc2ccccc2)o1)c1ccc(S(=O)(=O)N2CCCC2)cc1. The van der Waals surface area contributed by atoms with E-state index in [1.807, 2.05) is 18.2 Å². The number of carbonyl (C=O) groups excluding carboxylic acids is 2. The lowest BCUT2D eigenvalue weighted by Crippen LogP contribution is -2.41. The van der Waals surface area contributed by atoms with Gasteiger partial charge in [0.05, 0.1) is 4.90 Å². The Morgan fingerprint density at radius 1 is 0.879 bits per heavy atom. The minimum absolute atomic E-state index is 0.00835. The van der Waals surface area contributed by atoms with Crippen LogP contribution in [0.1, 0.15) is 39.5 Å². The summed E-state index contributed by atoms with van der Waals surface area (Å²) in [6.45, 7) is 1.16. The van der Waals surface area contributed by atoms with Crippen LogP contribution in [0.5, 0.6) is 5.75 Å². The Kier molecular flexibility index (Phi) is 6.76. The summed E-state index contributed by atoms with van der Waals surface area (Å²) in [5, 5.41) is 0. The maximum absolute atomic E-state index is 12.6. The standard InChI is InChI=1S/C23H23N3O6S/c27-22(17-8-11-20(12-9-17)33(29,30)26-14-4-5-15-26)24-25-23(28)21-13-10-19(32-21)16-31-18-6-2-1-3-7-18/h1-3,6-13H,4-5,14-16H2,(H,24,27)(H,25,28). The van der Waals surface area contributed by atoms with Crippen molar-refractivity contribution in [2.75, 3.05) is 13.1 Å². The molecule has 0 unspecified atom stereocenters. The molecule has 3 aromatic rings. The molecule has 0 aliphatic carbocycles. The van der Waals surface area contributed by atoms with Crippen LogP contribution in [0.2, 0.25) is 0 Å². The first-order chi connectivity index (χ1) is 15.9. The van der Waals surface area contributed by atoms with Gasteiger partial charge in [-0.15, -0.1) is 0 Å². The molecule has 2 N–H and O–H groups in total. The zero-order valence-corrected chi connectivity index (χ0v) is 18.5. The molecule has 0 bridgehead atoms. The Bertz CT molecular complexity index is 1220. The summed E-state index contributed by atoms with van der Waals surface area (Å²) in [6.07, 6.45) is 1.69. The van der Waals surface area contributed by atoms with Crippen LogP contribution in [0, 0.1) is 0 Å². The number of furan rings is 1. The monoisotopic (exact) mass is 469 g/mol. The number of nitrogens with zero attached hydrogens (tertiary/aromatic N) is 1. The Balaban J connectivity index is 1.29. The lowest BCUT2D eigenvalue weighted by atomic mass is 10.2. The van der Waals surface area contributed by atoms with Gasteiger partial charge in [0.2, 0.25) is 10.0 Å². The third-order valence-corrected chi connectivity index (χ3v) is 7.03. The van der Waals surface area contributed by atoms with Crippen molar-refractivity contribution in [3.63, 3.8) is 0 Å². The van der Waals surface area contributed by atoms with E-state index in [2.05, 4.69) is 10.9 Å². The molecule has 1 aromatic heterocycles. The lowest BCUT2D eigenvalue weighted by Gasteiger charge is -2.15. The van der Waals surface area contributed by atoms with Gasteiger partial charge in [-0.2, -0.15) is 4.31 Å². The number of benzene rings is 2. The summed E-state index contributed by atoms with van der Waals surface area (Å²) in [5.41, 5.74) is 4.76. The molecule has 0 saturated carbocycles. The smallest absolute Gasteiger partial charge is 0.305 e. The Hall–Kier alpha value is -3.63. The fourth-order valence-corrected chi connectivity index (χ4v) is 4.87. The number of carbonyl (C=O) groups is 2. The Labute approximate surface area is 191 Å². The van der Waals surface area contributed by atoms with Crippen LogP contribution in [-0.4, -0.2) is 37.6 Å². The normalized spacial score (nSPS) is 14.1. The number of rotatable bonds is 7. The molecule has 172 valence electrons. The molecule has 4 rings (SSSR count). The first kappa shape index (κ1) is 22.6. The molecular weight excluding hydrogens is 446 g/mol. The summed E-state index contributed by atoms with van der Waals surface area (Å²) >= 11 is 0. The van der Waals surface area contributed by atoms with E-state index in [0.717, 1.165) is 12.8 Å². The van der Waals surface area contributed by atoms with Gasteiger partial charge in [-0.25, -0.2) is 8.42 Å². The van der Waals surface area contributed by atoms with Crippen molar-refractivity contribution in [3.8, 4) is 5.75 Å². The fraction of sp³-hybridized carbons (Fsp3) is 0.217. The highest BCUT2D eigenvalue weighted by atomic mass is 32.2. The second-order valence-electron chi connectivity index (χ2n) is 7.41. The van der Waals surface area contributed by atoms with Crippen molar-refractivity contribution in [1.82, 2.24) is 15.2 Å². The van der Waals surface area contributed by atoms with Gasteiger partial charge in [-0.05, 0) is 61.4 Å². The second kappa shape index (κ2) is 9.88. The van der Waals surface area contributed by atoms with Crippen LogP contribution >= 0.6 is 0 Å². The molecule has 9 nitrogen and oxygen atoms in total. The van der Waals surface area contributed by atoms with Crippen LogP contribution in [0.15, 0.2) is 76.0 Å². The second-order valence-corrected chi connectivity index (χ2v) is 9.35. The molecule has 0 atom stereocenters. The molecule has 33 heavy (non-hydrogen) atoms. The van der Waals surface area contributed by atoms with Gasteiger partial charge in [0.25, 0.3) is 5.91 Å². The zero-order valence-electron chi connectivity index (χ0n) is 17.7. The average Bonchev–Trinajstić information content (AvgIpc) is 3.55. The van der Waals surface area contributed by atoms with Crippen LogP contribution < -0.4 is 15.6 Å². The van der Waals surface area contributed by atoms with Gasteiger partial charge >= 0.3 is 5.91 Å². The average molecular weight is 470 g/mol. The van der Waals surface area contributed by atoms with Crippen molar-refractivity contribution in [3.05, 3.63) is 83.8 Å². The lowest BCUT2D eigenvalue weighted by molar-refractivity contribution is 0.0828. The largest absolute Gasteiger partial charge is 0.486 e. The highest BCUT2D eigenvalue weighted by molar-refractivity contribution is 7.89. The molecule has 2 heterocycles. The first-order valence-electron chi connectivity index (χ1n) is 10.4. The predicted octanol–water partition coefficient (Wildman–Crippen LogP) is 2.72. The summed E-state index contributed by atoms with van der Waals surface area (Å²) in [6, 6.07) is 17.8. The number of sulfonamides is 1. The van der Waals surface area contributed by atoms with E-state index in [4.69, 9.17) is 9.15 Å².